The third kappa shape index (κ3) is 6.99. The monoisotopic (exact) mass is 848 g/mol. The van der Waals surface area contributed by atoms with Crippen molar-refractivity contribution < 1.29 is 0 Å². The molecule has 0 aliphatic heterocycles. The van der Waals surface area contributed by atoms with Gasteiger partial charge in [-0.1, -0.05) is 214 Å². The molecule has 1 aliphatic rings. The zero-order valence-electron chi connectivity index (χ0n) is 36.8. The second kappa shape index (κ2) is 16.0. The summed E-state index contributed by atoms with van der Waals surface area (Å²) in [4.78, 5) is 0. The highest BCUT2D eigenvalue weighted by atomic mass is 32.1. The van der Waals surface area contributed by atoms with Crippen LogP contribution in [0.4, 0.5) is 0 Å². The van der Waals surface area contributed by atoms with Crippen molar-refractivity contribution in [1.29, 1.82) is 0 Å². The van der Waals surface area contributed by atoms with Gasteiger partial charge < -0.3 is 0 Å². The molecule has 10 aromatic carbocycles. The van der Waals surface area contributed by atoms with Crippen LogP contribution in [0, 0.1) is 0 Å². The average Bonchev–Trinajstić information content (AvgIpc) is 3.85. The summed E-state index contributed by atoms with van der Waals surface area (Å²) >= 11 is 1.88. The summed E-state index contributed by atoms with van der Waals surface area (Å²) in [6.45, 7) is 4.82. The van der Waals surface area contributed by atoms with Gasteiger partial charge in [-0.25, -0.2) is 0 Å². The molecule has 1 unspecified atom stereocenters. The molecule has 1 aliphatic carbocycles. The van der Waals surface area contributed by atoms with E-state index in [4.69, 9.17) is 0 Å². The van der Waals surface area contributed by atoms with Gasteiger partial charge in [0.05, 0.1) is 0 Å². The van der Waals surface area contributed by atoms with Gasteiger partial charge in [-0.2, -0.15) is 0 Å². The maximum Gasteiger partial charge on any atom is 0.0355 e. The van der Waals surface area contributed by atoms with E-state index in [1.807, 2.05) is 11.3 Å². The third-order valence-electron chi connectivity index (χ3n) is 14.3. The van der Waals surface area contributed by atoms with Gasteiger partial charge in [0.2, 0.25) is 0 Å². The van der Waals surface area contributed by atoms with Crippen molar-refractivity contribution in [1.82, 2.24) is 0 Å². The first-order chi connectivity index (χ1) is 32.0. The lowest BCUT2D eigenvalue weighted by Crippen LogP contribution is -2.16. The molecule has 0 fully saturated rings. The highest BCUT2D eigenvalue weighted by Crippen LogP contribution is 2.51. The number of aryl methyl sites for hydroxylation is 1. The van der Waals surface area contributed by atoms with E-state index < -0.39 is 0 Å². The van der Waals surface area contributed by atoms with E-state index in [-0.39, 0.29) is 11.3 Å². The molecule has 0 bridgehead atoms. The topological polar surface area (TPSA) is 0 Å². The van der Waals surface area contributed by atoms with E-state index in [2.05, 4.69) is 238 Å². The summed E-state index contributed by atoms with van der Waals surface area (Å²) in [6, 6.07) is 83.9. The fourth-order valence-corrected chi connectivity index (χ4v) is 11.8. The molecule has 0 nitrogen and oxygen atoms in total. The van der Waals surface area contributed by atoms with Crippen molar-refractivity contribution in [3.8, 4) is 55.6 Å². The molecule has 1 atom stereocenters. The van der Waals surface area contributed by atoms with E-state index in [1.54, 1.807) is 0 Å². The Morgan fingerprint density at radius 2 is 0.846 bits per heavy atom. The first-order valence-electron chi connectivity index (χ1n) is 23.0. The number of hydrogen-bond acceptors (Lipinski definition) is 1. The highest BCUT2D eigenvalue weighted by molar-refractivity contribution is 7.25. The molecule has 65 heavy (non-hydrogen) atoms. The Morgan fingerprint density at radius 3 is 1.55 bits per heavy atom. The van der Waals surface area contributed by atoms with Crippen LogP contribution < -0.4 is 0 Å². The molecule has 0 saturated heterocycles. The van der Waals surface area contributed by atoms with Crippen molar-refractivity contribution in [3.05, 3.63) is 252 Å². The van der Waals surface area contributed by atoms with Crippen LogP contribution in [-0.4, -0.2) is 0 Å². The Bertz CT molecular complexity index is 3540. The van der Waals surface area contributed by atoms with Crippen molar-refractivity contribution in [2.45, 2.75) is 38.0 Å². The van der Waals surface area contributed by atoms with Crippen LogP contribution in [0.2, 0.25) is 0 Å². The molecule has 11 aromatic rings. The van der Waals surface area contributed by atoms with Crippen LogP contribution in [0.25, 0.3) is 86.6 Å². The molecule has 1 heteroatoms. The highest BCUT2D eigenvalue weighted by Gasteiger charge is 2.36. The van der Waals surface area contributed by atoms with Gasteiger partial charge in [-0.15, -0.1) is 11.3 Å². The quantitative estimate of drug-likeness (QED) is 0.136. The zero-order valence-corrected chi connectivity index (χ0v) is 37.6. The summed E-state index contributed by atoms with van der Waals surface area (Å²) in [6.07, 6.45) is 1.95. The predicted molar refractivity (Wildman–Crippen MR) is 279 cm³/mol. The number of rotatable bonds is 9. The fraction of sp³-hybridized carbons (Fsp3) is 0.0938. The van der Waals surface area contributed by atoms with Crippen LogP contribution in [-0.2, 0) is 11.8 Å². The second-order valence-corrected chi connectivity index (χ2v) is 19.4. The summed E-state index contributed by atoms with van der Waals surface area (Å²) in [5, 5.41) is 5.33. The molecule has 1 heterocycles. The first-order valence-corrected chi connectivity index (χ1v) is 23.8. The fourth-order valence-electron chi connectivity index (χ4n) is 10.7. The Kier molecular flexibility index (Phi) is 9.69. The van der Waals surface area contributed by atoms with Crippen LogP contribution in [0.1, 0.15) is 54.0 Å². The molecule has 0 N–H and O–H groups in total. The lowest BCUT2D eigenvalue weighted by Gasteiger charge is -2.25. The summed E-state index contributed by atoms with van der Waals surface area (Å²) in [5.74, 6) is 0.210. The molecule has 310 valence electrons. The van der Waals surface area contributed by atoms with Gasteiger partial charge in [0.25, 0.3) is 0 Å². The van der Waals surface area contributed by atoms with Crippen molar-refractivity contribution in [2.75, 3.05) is 0 Å². The minimum Gasteiger partial charge on any atom is -0.135 e. The second-order valence-electron chi connectivity index (χ2n) is 18.3. The first kappa shape index (κ1) is 39.3. The molecule has 12 rings (SSSR count). The van der Waals surface area contributed by atoms with Crippen molar-refractivity contribution in [3.63, 3.8) is 0 Å². The van der Waals surface area contributed by atoms with Crippen molar-refractivity contribution >= 4 is 42.3 Å². The maximum absolute atomic E-state index is 2.55. The molecular formula is C64H48S. The van der Waals surface area contributed by atoms with Gasteiger partial charge in [0.1, 0.15) is 0 Å². The third-order valence-corrected chi connectivity index (χ3v) is 15.4. The molecule has 0 amide bonds. The van der Waals surface area contributed by atoms with Crippen LogP contribution in [0.5, 0.6) is 0 Å². The van der Waals surface area contributed by atoms with Gasteiger partial charge in [0, 0.05) is 31.5 Å². The van der Waals surface area contributed by atoms with E-state index >= 15 is 0 Å². The minimum absolute atomic E-state index is 0.129. The summed E-state index contributed by atoms with van der Waals surface area (Å²) in [5.41, 5.74) is 19.6. The van der Waals surface area contributed by atoms with Crippen LogP contribution >= 0.6 is 11.3 Å². The molecule has 0 spiro atoms. The largest absolute Gasteiger partial charge is 0.135 e. The maximum atomic E-state index is 2.55. The molecule has 0 radical (unpaired) electrons. The molecular weight excluding hydrogens is 801 g/mol. The van der Waals surface area contributed by atoms with Gasteiger partial charge in [-0.05, 0) is 131 Å². The lowest BCUT2D eigenvalue weighted by molar-refractivity contribution is 0.655. The van der Waals surface area contributed by atoms with E-state index in [1.165, 1.54) is 114 Å². The summed E-state index contributed by atoms with van der Waals surface area (Å²) < 4.78 is 2.68. The Labute approximate surface area is 386 Å². The predicted octanol–water partition coefficient (Wildman–Crippen LogP) is 17.9. The van der Waals surface area contributed by atoms with E-state index in [0.717, 1.165) is 12.8 Å². The zero-order chi connectivity index (χ0) is 43.5. The molecule has 0 saturated carbocycles. The van der Waals surface area contributed by atoms with Crippen molar-refractivity contribution in [2.24, 2.45) is 0 Å². The van der Waals surface area contributed by atoms with Gasteiger partial charge >= 0.3 is 0 Å². The van der Waals surface area contributed by atoms with E-state index in [9.17, 15) is 0 Å². The SMILES string of the molecule is CC1(C)c2cc(-c3ccccc3)ccc2-c2ccc(C(CCc3ccc(-c4ccc5sc6ccccc6c5c4)c4ccccc34)c3ccc(-c4ccc(-c5ccccc5)cc4)cc3)cc21. The lowest BCUT2D eigenvalue weighted by atomic mass is 9.79. The van der Waals surface area contributed by atoms with E-state index in [0.29, 0.717) is 0 Å². The Morgan fingerprint density at radius 1 is 0.354 bits per heavy atom. The van der Waals surface area contributed by atoms with Gasteiger partial charge in [-0.3, -0.25) is 0 Å². The number of fused-ring (bicyclic) bond motifs is 7. The Balaban J connectivity index is 0.905. The smallest absolute Gasteiger partial charge is 0.0355 e. The van der Waals surface area contributed by atoms with Crippen LogP contribution in [0.15, 0.2) is 224 Å². The van der Waals surface area contributed by atoms with Gasteiger partial charge in [0.15, 0.2) is 0 Å². The number of thiophene rings is 1. The standard InChI is InChI=1S/C64H48S/c1-64(2)60-40-49(43-15-7-4-8-16-43)31-36-56(60)57-37-32-51(41-61(57)64)52(47-27-25-46(26-28-47)45-23-21-44(22-24-45)42-13-5-3-6-14-42)34-29-48-30-35-54(55-18-10-9-17-53(48)55)50-33-38-63-59(39-50)58-19-11-12-20-62(58)65-63/h3-28,30-33,35-41,52H,29,34H2,1-2H3. The normalized spacial score (nSPS) is 13.3. The molecule has 1 aromatic heterocycles. The van der Waals surface area contributed by atoms with Crippen LogP contribution in [0.3, 0.4) is 0 Å². The number of benzene rings is 10. The average molecular weight is 849 g/mol. The Hall–Kier alpha value is -7.32. The summed E-state index contributed by atoms with van der Waals surface area (Å²) in [7, 11) is 0. The minimum atomic E-state index is -0.129. The number of hydrogen-bond donors (Lipinski definition) is 0.